The lowest BCUT2D eigenvalue weighted by atomic mass is 10.0. The highest BCUT2D eigenvalue weighted by molar-refractivity contribution is 6.31. The van der Waals surface area contributed by atoms with Crippen LogP contribution in [0.15, 0.2) is 42.5 Å². The quantitative estimate of drug-likeness (QED) is 0.706. The number of halogens is 1. The number of rotatable bonds is 4. The van der Waals surface area contributed by atoms with Crippen molar-refractivity contribution in [1.29, 1.82) is 0 Å². The van der Waals surface area contributed by atoms with Gasteiger partial charge in [0, 0.05) is 40.1 Å². The SMILES string of the molecule is COc1ccc(C2(Cn3c4c(c5cc(Cl)ccc53)CCNCC4)OCCO2)cc1. The molecule has 2 aromatic carbocycles. The Morgan fingerprint density at radius 3 is 2.59 bits per heavy atom. The summed E-state index contributed by atoms with van der Waals surface area (Å²) in [6, 6.07) is 14.2. The van der Waals surface area contributed by atoms with Crippen LogP contribution in [0.5, 0.6) is 5.75 Å². The van der Waals surface area contributed by atoms with E-state index in [0.717, 1.165) is 42.3 Å². The lowest BCUT2D eigenvalue weighted by Crippen LogP contribution is -2.33. The van der Waals surface area contributed by atoms with Gasteiger partial charge in [-0.1, -0.05) is 11.6 Å². The maximum absolute atomic E-state index is 6.35. The molecule has 29 heavy (non-hydrogen) atoms. The molecule has 152 valence electrons. The fourth-order valence-corrected chi connectivity index (χ4v) is 4.77. The van der Waals surface area contributed by atoms with Gasteiger partial charge in [0.2, 0.25) is 5.79 Å². The first-order valence-corrected chi connectivity index (χ1v) is 10.5. The summed E-state index contributed by atoms with van der Waals surface area (Å²) in [5.41, 5.74) is 4.93. The Balaban J connectivity index is 1.63. The summed E-state index contributed by atoms with van der Waals surface area (Å²) in [4.78, 5) is 0. The largest absolute Gasteiger partial charge is 0.497 e. The van der Waals surface area contributed by atoms with Gasteiger partial charge in [-0.25, -0.2) is 0 Å². The average Bonchev–Trinajstić information content (AvgIpc) is 3.23. The number of ether oxygens (including phenoxy) is 3. The molecule has 1 fully saturated rings. The molecule has 0 bridgehead atoms. The van der Waals surface area contributed by atoms with E-state index < -0.39 is 5.79 Å². The zero-order chi connectivity index (χ0) is 19.8. The van der Waals surface area contributed by atoms with Gasteiger partial charge in [-0.3, -0.25) is 0 Å². The van der Waals surface area contributed by atoms with Crippen molar-refractivity contribution < 1.29 is 14.2 Å². The van der Waals surface area contributed by atoms with E-state index in [2.05, 4.69) is 22.0 Å². The van der Waals surface area contributed by atoms with Crippen LogP contribution in [0.4, 0.5) is 0 Å². The first kappa shape index (κ1) is 18.9. The molecule has 5 rings (SSSR count). The predicted octanol–water partition coefficient (Wildman–Crippen LogP) is 3.89. The number of benzene rings is 2. The second-order valence-corrected chi connectivity index (χ2v) is 8.04. The molecule has 2 aliphatic heterocycles. The number of nitrogens with zero attached hydrogens (tertiary/aromatic N) is 1. The third-order valence-electron chi connectivity index (χ3n) is 5.99. The van der Waals surface area contributed by atoms with E-state index in [0.29, 0.717) is 19.8 Å². The minimum absolute atomic E-state index is 0.584. The summed E-state index contributed by atoms with van der Waals surface area (Å²) >= 11 is 6.35. The molecule has 3 heterocycles. The molecule has 6 heteroatoms. The van der Waals surface area contributed by atoms with Crippen LogP contribution >= 0.6 is 11.6 Å². The van der Waals surface area contributed by atoms with E-state index in [1.807, 2.05) is 30.3 Å². The van der Waals surface area contributed by atoms with Crippen LogP contribution in [0.3, 0.4) is 0 Å². The molecule has 5 nitrogen and oxygen atoms in total. The van der Waals surface area contributed by atoms with Crippen LogP contribution in [-0.2, 0) is 34.6 Å². The normalized spacial score (nSPS) is 18.6. The minimum Gasteiger partial charge on any atom is -0.497 e. The van der Waals surface area contributed by atoms with E-state index >= 15 is 0 Å². The third kappa shape index (κ3) is 3.32. The molecule has 0 unspecified atom stereocenters. The van der Waals surface area contributed by atoms with Crippen LogP contribution in [0.1, 0.15) is 16.8 Å². The Bertz CT molecular complexity index is 1020. The maximum Gasteiger partial charge on any atom is 0.213 e. The van der Waals surface area contributed by atoms with Gasteiger partial charge in [-0.2, -0.15) is 0 Å². The topological polar surface area (TPSA) is 44.7 Å². The monoisotopic (exact) mass is 412 g/mol. The van der Waals surface area contributed by atoms with E-state index in [1.54, 1.807) is 7.11 Å². The van der Waals surface area contributed by atoms with Crippen molar-refractivity contribution in [1.82, 2.24) is 9.88 Å². The molecule has 3 aromatic rings. The number of hydrogen-bond acceptors (Lipinski definition) is 4. The van der Waals surface area contributed by atoms with Crippen LogP contribution in [0, 0.1) is 0 Å². The van der Waals surface area contributed by atoms with Crippen molar-refractivity contribution in [3.63, 3.8) is 0 Å². The van der Waals surface area contributed by atoms with Crippen LogP contribution in [-0.4, -0.2) is 38.0 Å². The Hall–Kier alpha value is -2.05. The van der Waals surface area contributed by atoms with Crippen molar-refractivity contribution in [3.05, 3.63) is 64.3 Å². The second kappa shape index (κ2) is 7.65. The maximum atomic E-state index is 6.35. The summed E-state index contributed by atoms with van der Waals surface area (Å²) in [7, 11) is 1.67. The zero-order valence-electron chi connectivity index (χ0n) is 16.5. The molecule has 0 radical (unpaired) electrons. The number of methoxy groups -OCH3 is 1. The third-order valence-corrected chi connectivity index (χ3v) is 6.22. The van der Waals surface area contributed by atoms with Crippen LogP contribution in [0.2, 0.25) is 5.02 Å². The van der Waals surface area contributed by atoms with Gasteiger partial charge in [-0.05, 0) is 61.0 Å². The van der Waals surface area contributed by atoms with Crippen molar-refractivity contribution in [2.24, 2.45) is 0 Å². The van der Waals surface area contributed by atoms with Crippen LogP contribution < -0.4 is 10.1 Å². The second-order valence-electron chi connectivity index (χ2n) is 7.60. The predicted molar refractivity (Wildman–Crippen MR) is 114 cm³/mol. The van der Waals surface area contributed by atoms with Gasteiger partial charge in [0.25, 0.3) is 0 Å². The minimum atomic E-state index is -0.800. The first-order chi connectivity index (χ1) is 14.2. The molecule has 0 aliphatic carbocycles. The summed E-state index contributed by atoms with van der Waals surface area (Å²) in [6.45, 7) is 3.72. The van der Waals surface area contributed by atoms with E-state index in [9.17, 15) is 0 Å². The van der Waals surface area contributed by atoms with Gasteiger partial charge in [0.1, 0.15) is 5.75 Å². The molecule has 0 spiro atoms. The van der Waals surface area contributed by atoms with E-state index in [-0.39, 0.29) is 0 Å². The number of fused-ring (bicyclic) bond motifs is 3. The fourth-order valence-electron chi connectivity index (χ4n) is 4.60. The first-order valence-electron chi connectivity index (χ1n) is 10.1. The molecule has 0 amide bonds. The molecule has 1 aromatic heterocycles. The summed E-state index contributed by atoms with van der Waals surface area (Å²) in [5.74, 6) is 0.0219. The van der Waals surface area contributed by atoms with Crippen molar-refractivity contribution in [2.45, 2.75) is 25.2 Å². The molecule has 0 saturated carbocycles. The van der Waals surface area contributed by atoms with Gasteiger partial charge in [0.05, 0.1) is 26.9 Å². The van der Waals surface area contributed by atoms with Crippen molar-refractivity contribution in [3.8, 4) is 5.75 Å². The zero-order valence-corrected chi connectivity index (χ0v) is 17.3. The molecule has 2 aliphatic rings. The molecule has 0 atom stereocenters. The molecular weight excluding hydrogens is 388 g/mol. The smallest absolute Gasteiger partial charge is 0.213 e. The lowest BCUT2D eigenvalue weighted by molar-refractivity contribution is -0.175. The lowest BCUT2D eigenvalue weighted by Gasteiger charge is -2.30. The van der Waals surface area contributed by atoms with Crippen molar-refractivity contribution >= 4 is 22.5 Å². The van der Waals surface area contributed by atoms with E-state index in [4.69, 9.17) is 25.8 Å². The Labute approximate surface area is 175 Å². The highest BCUT2D eigenvalue weighted by Gasteiger charge is 2.40. The standard InChI is InChI=1S/C23H25ClN2O3/c1-27-18-5-2-16(3-6-18)23(28-12-13-29-23)15-26-21-7-4-17(24)14-20(21)19-8-10-25-11-9-22(19)26/h2-7,14,25H,8-13,15H2,1H3. The average molecular weight is 413 g/mol. The Kier molecular flexibility index (Phi) is 5.00. The van der Waals surface area contributed by atoms with Gasteiger partial charge in [-0.15, -0.1) is 0 Å². The van der Waals surface area contributed by atoms with E-state index in [1.165, 1.54) is 22.2 Å². The number of hydrogen-bond donors (Lipinski definition) is 1. The number of nitrogens with one attached hydrogen (secondary N) is 1. The summed E-state index contributed by atoms with van der Waals surface area (Å²) in [6.07, 6.45) is 1.97. The molecule has 1 N–H and O–H groups in total. The Morgan fingerprint density at radius 1 is 1.07 bits per heavy atom. The summed E-state index contributed by atoms with van der Waals surface area (Å²) < 4.78 is 20.2. The van der Waals surface area contributed by atoms with Gasteiger partial charge in [0.15, 0.2) is 0 Å². The number of aromatic nitrogens is 1. The summed E-state index contributed by atoms with van der Waals surface area (Å²) in [5, 5.41) is 5.52. The molecular formula is C23H25ClN2O3. The Morgan fingerprint density at radius 2 is 1.83 bits per heavy atom. The van der Waals surface area contributed by atoms with Gasteiger partial charge >= 0.3 is 0 Å². The van der Waals surface area contributed by atoms with Crippen molar-refractivity contribution in [2.75, 3.05) is 33.4 Å². The highest BCUT2D eigenvalue weighted by Crippen LogP contribution is 2.38. The fraction of sp³-hybridized carbons (Fsp3) is 0.391. The van der Waals surface area contributed by atoms with Gasteiger partial charge < -0.3 is 24.1 Å². The molecule has 1 saturated heterocycles. The van der Waals surface area contributed by atoms with Crippen LogP contribution in [0.25, 0.3) is 10.9 Å². The highest BCUT2D eigenvalue weighted by atomic mass is 35.5.